The van der Waals surface area contributed by atoms with Gasteiger partial charge in [-0.2, -0.15) is 0 Å². The van der Waals surface area contributed by atoms with Crippen LogP contribution in [0.5, 0.6) is 0 Å². The summed E-state index contributed by atoms with van der Waals surface area (Å²) in [7, 11) is 4.58. The number of aliphatic hydroxyl groups excluding tert-OH is 5. The number of hydrogen-bond donors (Lipinski definition) is 6. The van der Waals surface area contributed by atoms with Crippen LogP contribution in [0.4, 0.5) is 0 Å². The number of aliphatic hydroxyl groups is 6. The SMILES string of the molecule is COC1C[C@H](O[C@H]2CC[C@@]3(C)C(=CCC4[C@@H]3C[C@@H](CC(=O)c3ccccc3)[C@]3(C)[C@@H]([C@@H](C)OC(C)=O)CC[C@]43O)C2)OC(C)[C@H]1O[C@H]1CC(OC)[C@H](O[C@H]2OC(C)[C@@H](O[C@H]3OC(CO)[C@@H](O)C(O)[C@@H]3O)C(OC)[C@@H]2O)C(C)O1. The number of carbonyl (C=O) groups excluding carboxylic acids is 2. The molecule has 0 amide bonds. The van der Waals surface area contributed by atoms with Crippen LogP contribution in [-0.4, -0.2) is 199 Å². The van der Waals surface area contributed by atoms with Gasteiger partial charge in [0.15, 0.2) is 30.9 Å². The average molecular weight is 1110 g/mol. The minimum atomic E-state index is -1.67. The van der Waals surface area contributed by atoms with Crippen molar-refractivity contribution < 1.29 is 97.1 Å². The van der Waals surface area contributed by atoms with Crippen LogP contribution in [0.1, 0.15) is 123 Å². The Kier molecular flexibility index (Phi) is 18.7. The van der Waals surface area contributed by atoms with E-state index in [1.54, 1.807) is 21.1 Å². The van der Waals surface area contributed by atoms with E-state index >= 15 is 0 Å². The van der Waals surface area contributed by atoms with Crippen molar-refractivity contribution in [3.05, 3.63) is 47.5 Å². The summed E-state index contributed by atoms with van der Waals surface area (Å²) in [6.45, 7) is 12.7. The van der Waals surface area contributed by atoms with Crippen LogP contribution < -0.4 is 0 Å². The van der Waals surface area contributed by atoms with Gasteiger partial charge in [0.1, 0.15) is 61.0 Å². The lowest BCUT2D eigenvalue weighted by Gasteiger charge is -2.64. The largest absolute Gasteiger partial charge is 0.463 e. The number of Topliss-reactive ketones (excluding diaryl/α,β-unsaturated/α-hetero) is 1. The van der Waals surface area contributed by atoms with Crippen LogP contribution in [0.2, 0.25) is 0 Å². The molecule has 0 spiro atoms. The molecule has 4 aliphatic carbocycles. The molecule has 0 radical (unpaired) electrons. The zero-order chi connectivity index (χ0) is 56.2. The average Bonchev–Trinajstić information content (AvgIpc) is 3.62. The summed E-state index contributed by atoms with van der Waals surface area (Å²) in [5, 5.41) is 65.7. The quantitative estimate of drug-likeness (QED) is 0.0734. The van der Waals surface area contributed by atoms with Gasteiger partial charge in [-0.05, 0) is 95.8 Å². The molecular formula is C58H88O20. The van der Waals surface area contributed by atoms with Crippen molar-refractivity contribution in [1.29, 1.82) is 0 Å². The normalized spacial score (nSPS) is 47.9. The number of fused-ring (bicyclic) bond motifs is 5. The van der Waals surface area contributed by atoms with E-state index in [9.17, 15) is 40.2 Å². The van der Waals surface area contributed by atoms with Gasteiger partial charge in [0.05, 0.1) is 48.8 Å². The Morgan fingerprint density at radius 1 is 0.705 bits per heavy atom. The van der Waals surface area contributed by atoms with Crippen molar-refractivity contribution in [2.24, 2.45) is 34.5 Å². The Labute approximate surface area is 458 Å². The molecule has 0 bridgehead atoms. The monoisotopic (exact) mass is 1100 g/mol. The second kappa shape index (κ2) is 24.3. The van der Waals surface area contributed by atoms with Crippen molar-refractivity contribution in [1.82, 2.24) is 0 Å². The molecule has 0 aromatic heterocycles. The third-order valence-corrected chi connectivity index (χ3v) is 20.0. The second-order valence-electron chi connectivity index (χ2n) is 24.2. The van der Waals surface area contributed by atoms with Gasteiger partial charge >= 0.3 is 5.97 Å². The first-order valence-corrected chi connectivity index (χ1v) is 28.4. The Morgan fingerprint density at radius 3 is 1.95 bits per heavy atom. The number of hydrogen-bond acceptors (Lipinski definition) is 20. The van der Waals surface area contributed by atoms with Crippen LogP contribution in [0, 0.1) is 34.5 Å². The minimum Gasteiger partial charge on any atom is -0.463 e. The summed E-state index contributed by atoms with van der Waals surface area (Å²) in [6, 6.07) is 9.42. The lowest BCUT2D eigenvalue weighted by atomic mass is 9.42. The van der Waals surface area contributed by atoms with Crippen LogP contribution in [0.3, 0.4) is 0 Å². The molecule has 27 atom stereocenters. The van der Waals surface area contributed by atoms with Gasteiger partial charge in [0, 0.05) is 64.4 Å². The van der Waals surface area contributed by atoms with Crippen molar-refractivity contribution in [3.8, 4) is 0 Å². The smallest absolute Gasteiger partial charge is 0.302 e. The van der Waals surface area contributed by atoms with E-state index in [1.807, 2.05) is 51.1 Å². The van der Waals surface area contributed by atoms with Crippen molar-refractivity contribution in [3.63, 3.8) is 0 Å². The van der Waals surface area contributed by atoms with E-state index in [4.69, 9.17) is 56.8 Å². The molecule has 440 valence electrons. The predicted molar refractivity (Wildman–Crippen MR) is 276 cm³/mol. The number of benzene rings is 1. The number of allylic oxidation sites excluding steroid dienone is 1. The molecule has 9 unspecified atom stereocenters. The fourth-order valence-corrected chi connectivity index (χ4v) is 15.7. The van der Waals surface area contributed by atoms with Crippen molar-refractivity contribution >= 4 is 11.8 Å². The van der Waals surface area contributed by atoms with Gasteiger partial charge in [0.25, 0.3) is 0 Å². The summed E-state index contributed by atoms with van der Waals surface area (Å²) >= 11 is 0. The number of carbonyl (C=O) groups is 2. The Bertz CT molecular complexity index is 2220. The molecule has 7 fully saturated rings. The van der Waals surface area contributed by atoms with Gasteiger partial charge in [-0.25, -0.2) is 0 Å². The molecule has 6 N–H and O–H groups in total. The molecule has 78 heavy (non-hydrogen) atoms. The molecule has 4 heterocycles. The van der Waals surface area contributed by atoms with Crippen LogP contribution in [0.15, 0.2) is 42.0 Å². The van der Waals surface area contributed by atoms with Crippen LogP contribution in [0.25, 0.3) is 0 Å². The maximum absolute atomic E-state index is 14.1. The van der Waals surface area contributed by atoms with E-state index in [0.717, 1.165) is 32.1 Å². The third-order valence-electron chi connectivity index (χ3n) is 20.0. The Balaban J connectivity index is 0.809. The van der Waals surface area contributed by atoms with Crippen LogP contribution in [-0.2, 0) is 61.6 Å². The van der Waals surface area contributed by atoms with Gasteiger partial charge in [-0.15, -0.1) is 0 Å². The van der Waals surface area contributed by atoms with Gasteiger partial charge < -0.3 is 87.5 Å². The van der Waals surface area contributed by atoms with Gasteiger partial charge in [0.2, 0.25) is 0 Å². The third kappa shape index (κ3) is 11.2. The topological polar surface area (TPSA) is 266 Å². The molecule has 1 aromatic rings. The fourth-order valence-electron chi connectivity index (χ4n) is 15.7. The van der Waals surface area contributed by atoms with Gasteiger partial charge in [-0.3, -0.25) is 9.59 Å². The molecule has 9 rings (SSSR count). The Hall–Kier alpha value is -2.58. The van der Waals surface area contributed by atoms with Crippen LogP contribution >= 0.6 is 0 Å². The minimum absolute atomic E-state index is 0.0138. The summed E-state index contributed by atoms with van der Waals surface area (Å²) in [4.78, 5) is 26.4. The van der Waals surface area contributed by atoms with E-state index in [0.29, 0.717) is 31.2 Å². The molecule has 20 heteroatoms. The zero-order valence-electron chi connectivity index (χ0n) is 47.0. The number of methoxy groups -OCH3 is 3. The zero-order valence-corrected chi connectivity index (χ0v) is 47.0. The number of rotatable bonds is 17. The molecule has 4 saturated heterocycles. The number of ketones is 1. The summed E-state index contributed by atoms with van der Waals surface area (Å²) in [6.07, 6.45) is -9.70. The highest BCUT2D eigenvalue weighted by Gasteiger charge is 2.70. The Morgan fingerprint density at radius 2 is 1.32 bits per heavy atom. The highest BCUT2D eigenvalue weighted by molar-refractivity contribution is 5.96. The molecule has 20 nitrogen and oxygen atoms in total. The first kappa shape index (κ1) is 60.0. The fraction of sp³-hybridized carbons (Fsp3) is 0.828. The highest BCUT2D eigenvalue weighted by atomic mass is 16.8. The molecular weight excluding hydrogens is 1020 g/mol. The lowest BCUT2D eigenvalue weighted by molar-refractivity contribution is -0.373. The standard InChI is InChI=1S/C58H88O20/c1-28(70-32(5)60)37-19-21-58(66)38-17-16-34-22-36(18-20-56(34,6)39(38)23-35(57(37,58)7)24-40(61)33-14-12-11-13-15-33)74-44-25-41(67-8)50(29(2)71-44)76-45-26-42(68-9)51(30(3)72-45)77-55-49(65)53(69-10)52(31(4)73-55)78-54-48(64)47(63)46(62)43(27-59)75-54/h11-16,28-31,35-39,41-55,59,62-66H,17-27H2,1-10H3/t28-,29?,30?,31?,35+,36+,37-,38?,39+,41?,42?,43?,44+,45+,46-,47?,48+,49+,50-,51-,52-,53?,54-,55-,56+,57-,58+/m1/s1. The maximum atomic E-state index is 14.1. The highest BCUT2D eigenvalue weighted by Crippen LogP contribution is 2.71. The van der Waals surface area contributed by atoms with Gasteiger partial charge in [-0.1, -0.05) is 55.8 Å². The molecule has 1 aromatic carbocycles. The summed E-state index contributed by atoms with van der Waals surface area (Å²) in [5.41, 5.74) is 0.0876. The maximum Gasteiger partial charge on any atom is 0.302 e. The lowest BCUT2D eigenvalue weighted by Crippen LogP contribution is -2.65. The van der Waals surface area contributed by atoms with E-state index in [-0.39, 0.29) is 53.4 Å². The van der Waals surface area contributed by atoms with E-state index < -0.39 is 134 Å². The van der Waals surface area contributed by atoms with E-state index in [2.05, 4.69) is 19.9 Å². The van der Waals surface area contributed by atoms with Crippen molar-refractivity contribution in [2.75, 3.05) is 27.9 Å². The summed E-state index contributed by atoms with van der Waals surface area (Å²) < 4.78 is 74.2. The first-order chi connectivity index (χ1) is 37.1. The summed E-state index contributed by atoms with van der Waals surface area (Å²) in [5.74, 6) is -0.372. The second-order valence-corrected chi connectivity index (χ2v) is 24.2. The molecule has 8 aliphatic rings. The predicted octanol–water partition coefficient (Wildman–Crippen LogP) is 3.89. The van der Waals surface area contributed by atoms with Crippen molar-refractivity contribution in [2.45, 2.75) is 241 Å². The number of ether oxygens (including phenoxy) is 12. The number of esters is 1. The van der Waals surface area contributed by atoms with E-state index in [1.165, 1.54) is 19.6 Å². The molecule has 4 aliphatic heterocycles. The molecule has 3 saturated carbocycles. The first-order valence-electron chi connectivity index (χ1n) is 28.4.